The van der Waals surface area contributed by atoms with E-state index < -0.39 is 11.6 Å². The zero-order valence-electron chi connectivity index (χ0n) is 22.4. The molecular weight excluding hydrogens is 511 g/mol. The highest BCUT2D eigenvalue weighted by molar-refractivity contribution is 5.77. The quantitative estimate of drug-likeness (QED) is 0.319. The molecule has 4 aromatic heterocycles. The summed E-state index contributed by atoms with van der Waals surface area (Å²) < 4.78 is 16.9. The summed E-state index contributed by atoms with van der Waals surface area (Å²) in [5.41, 5.74) is 10.1. The largest absolute Gasteiger partial charge is 0.391 e. The van der Waals surface area contributed by atoms with Crippen LogP contribution in [0.5, 0.6) is 0 Å². The minimum Gasteiger partial charge on any atom is -0.391 e. The Bertz CT molecular complexity index is 1600. The number of rotatable bonds is 7. The molecule has 1 aliphatic heterocycles. The first kappa shape index (κ1) is 25.8. The summed E-state index contributed by atoms with van der Waals surface area (Å²) in [6, 6.07) is 8.25. The second-order valence-corrected chi connectivity index (χ2v) is 10.4. The number of hydrogen-bond acceptors (Lipinski definition) is 9. The number of fused-ring (bicyclic) bond motifs is 1. The Morgan fingerprint density at radius 1 is 0.925 bits per heavy atom. The third-order valence-corrected chi connectivity index (χ3v) is 7.35. The van der Waals surface area contributed by atoms with Crippen molar-refractivity contribution in [1.82, 2.24) is 34.3 Å². The maximum Gasteiger partial charge on any atom is 0.225 e. The first-order valence-electron chi connectivity index (χ1n) is 13.2. The first-order valence-corrected chi connectivity index (χ1v) is 13.2. The average Bonchev–Trinajstić information content (AvgIpc) is 3.60. The van der Waals surface area contributed by atoms with Crippen LogP contribution in [0.25, 0.3) is 16.6 Å². The van der Waals surface area contributed by atoms with E-state index in [0.29, 0.717) is 12.5 Å². The smallest absolute Gasteiger partial charge is 0.225 e. The third kappa shape index (κ3) is 4.98. The lowest BCUT2D eigenvalue weighted by Crippen LogP contribution is -2.47. The summed E-state index contributed by atoms with van der Waals surface area (Å²) in [7, 11) is 0. The summed E-state index contributed by atoms with van der Waals surface area (Å²) in [5, 5.41) is 18.4. The Balaban J connectivity index is 1.15. The number of aliphatic hydroxyl groups is 1. The summed E-state index contributed by atoms with van der Waals surface area (Å²) >= 11 is 0. The molecule has 3 N–H and O–H groups in total. The van der Waals surface area contributed by atoms with Crippen LogP contribution in [0.3, 0.4) is 0 Å². The SMILES string of the molecule is C[C@H](O)Cn1cc(-c2cc3c(N4CCN(c5ncc(C(C)(N)c6ccc(F)cc6)cn5)CC4)ncnn3c2)cn1. The fourth-order valence-corrected chi connectivity index (χ4v) is 5.04. The van der Waals surface area contributed by atoms with Gasteiger partial charge in [-0.15, -0.1) is 0 Å². The van der Waals surface area contributed by atoms with Crippen LogP contribution in [0.2, 0.25) is 0 Å². The van der Waals surface area contributed by atoms with E-state index >= 15 is 0 Å². The van der Waals surface area contributed by atoms with Crippen molar-refractivity contribution >= 4 is 17.3 Å². The lowest BCUT2D eigenvalue weighted by Gasteiger charge is -2.35. The monoisotopic (exact) mass is 542 g/mol. The third-order valence-electron chi connectivity index (χ3n) is 7.35. The topological polar surface area (TPSA) is 127 Å². The maximum atomic E-state index is 13.4. The van der Waals surface area contributed by atoms with Gasteiger partial charge in [-0.3, -0.25) is 4.68 Å². The lowest BCUT2D eigenvalue weighted by atomic mass is 9.87. The fraction of sp³-hybridized carbons (Fsp3) is 0.321. The van der Waals surface area contributed by atoms with Crippen LogP contribution in [-0.4, -0.2) is 71.7 Å². The highest BCUT2D eigenvalue weighted by Crippen LogP contribution is 2.29. The van der Waals surface area contributed by atoms with E-state index in [4.69, 9.17) is 5.73 Å². The van der Waals surface area contributed by atoms with Crippen LogP contribution in [0.15, 0.2) is 67.6 Å². The molecule has 206 valence electrons. The Labute approximate surface area is 230 Å². The minimum absolute atomic E-state index is 0.300. The second-order valence-electron chi connectivity index (χ2n) is 10.4. The van der Waals surface area contributed by atoms with Crippen molar-refractivity contribution in [2.75, 3.05) is 36.0 Å². The van der Waals surface area contributed by atoms with Gasteiger partial charge in [0.2, 0.25) is 5.95 Å². The van der Waals surface area contributed by atoms with Crippen molar-refractivity contribution in [3.8, 4) is 11.1 Å². The molecular formula is C28H31FN10O. The van der Waals surface area contributed by atoms with Crippen LogP contribution in [0.1, 0.15) is 25.0 Å². The molecule has 5 aromatic rings. The van der Waals surface area contributed by atoms with E-state index in [9.17, 15) is 9.50 Å². The number of aliphatic hydroxyl groups excluding tert-OH is 1. The number of piperazine rings is 1. The molecule has 1 fully saturated rings. The molecule has 6 rings (SSSR count). The molecule has 1 aromatic carbocycles. The van der Waals surface area contributed by atoms with Crippen LogP contribution in [-0.2, 0) is 12.1 Å². The molecule has 0 amide bonds. The van der Waals surface area contributed by atoms with Gasteiger partial charge in [-0.25, -0.2) is 23.9 Å². The lowest BCUT2D eigenvalue weighted by molar-refractivity contribution is 0.168. The van der Waals surface area contributed by atoms with Crippen LogP contribution >= 0.6 is 0 Å². The van der Waals surface area contributed by atoms with E-state index in [2.05, 4.69) is 41.0 Å². The van der Waals surface area contributed by atoms with Crippen LogP contribution in [0.4, 0.5) is 16.2 Å². The van der Waals surface area contributed by atoms with Gasteiger partial charge in [0.05, 0.1) is 24.4 Å². The van der Waals surface area contributed by atoms with E-state index in [1.807, 2.05) is 23.8 Å². The van der Waals surface area contributed by atoms with Gasteiger partial charge in [-0.2, -0.15) is 10.2 Å². The van der Waals surface area contributed by atoms with Gasteiger partial charge in [-0.05, 0) is 37.6 Å². The minimum atomic E-state index is -0.838. The molecule has 0 aliphatic carbocycles. The Hall–Kier alpha value is -4.42. The zero-order valence-corrected chi connectivity index (χ0v) is 22.4. The normalized spacial score (nSPS) is 16.3. The zero-order chi connectivity index (χ0) is 27.9. The Kier molecular flexibility index (Phi) is 6.64. The maximum absolute atomic E-state index is 13.4. The number of hydrogen-bond donors (Lipinski definition) is 2. The molecule has 0 saturated carbocycles. The summed E-state index contributed by atoms with van der Waals surface area (Å²) in [5.74, 6) is 1.21. The standard InChI is InChI=1S/C28H31FN10O/c1-19(40)15-38-16-21(12-34-38)20-11-25-26(33-18-35-39(25)17-20)36-7-9-37(10-8-36)27-31-13-23(14-32-27)28(2,30)22-3-5-24(29)6-4-22/h3-6,11-14,16-19,40H,7-10,15,30H2,1-2H3/t19-,28?/m0/s1. The molecule has 2 atom stereocenters. The van der Waals surface area contributed by atoms with Crippen molar-refractivity contribution in [1.29, 1.82) is 0 Å². The highest BCUT2D eigenvalue weighted by atomic mass is 19.1. The number of benzene rings is 1. The molecule has 11 nitrogen and oxygen atoms in total. The average molecular weight is 543 g/mol. The number of anilines is 2. The molecule has 1 unspecified atom stereocenters. The Morgan fingerprint density at radius 3 is 2.33 bits per heavy atom. The highest BCUT2D eigenvalue weighted by Gasteiger charge is 2.26. The van der Waals surface area contributed by atoms with E-state index in [1.165, 1.54) is 12.1 Å². The van der Waals surface area contributed by atoms with Gasteiger partial charge < -0.3 is 20.6 Å². The van der Waals surface area contributed by atoms with Crippen LogP contribution in [0, 0.1) is 5.82 Å². The number of nitrogens with two attached hydrogens (primary N) is 1. The molecule has 5 heterocycles. The second kappa shape index (κ2) is 10.3. The fourth-order valence-electron chi connectivity index (χ4n) is 5.04. The molecule has 12 heteroatoms. The van der Waals surface area contributed by atoms with Gasteiger partial charge in [-0.1, -0.05) is 12.1 Å². The van der Waals surface area contributed by atoms with Crippen molar-refractivity contribution < 1.29 is 9.50 Å². The first-order chi connectivity index (χ1) is 19.3. The molecule has 0 bridgehead atoms. The summed E-state index contributed by atoms with van der Waals surface area (Å²) in [6.45, 7) is 7.00. The number of aromatic nitrogens is 7. The van der Waals surface area contributed by atoms with Crippen molar-refractivity contribution in [3.05, 3.63) is 84.6 Å². The predicted octanol–water partition coefficient (Wildman–Crippen LogP) is 2.45. The molecule has 0 spiro atoms. The summed E-state index contributed by atoms with van der Waals surface area (Å²) in [4.78, 5) is 18.2. The van der Waals surface area contributed by atoms with Crippen molar-refractivity contribution in [2.24, 2.45) is 5.73 Å². The van der Waals surface area contributed by atoms with Crippen LogP contribution < -0.4 is 15.5 Å². The van der Waals surface area contributed by atoms with Gasteiger partial charge in [0, 0.05) is 67.7 Å². The number of halogens is 1. The van der Waals surface area contributed by atoms with Gasteiger partial charge >= 0.3 is 0 Å². The summed E-state index contributed by atoms with van der Waals surface area (Å²) in [6.07, 6.45) is 10.3. The van der Waals surface area contributed by atoms with E-state index in [-0.39, 0.29) is 5.82 Å². The van der Waals surface area contributed by atoms with E-state index in [1.54, 1.807) is 48.7 Å². The molecule has 1 aliphatic rings. The van der Waals surface area contributed by atoms with Gasteiger partial charge in [0.25, 0.3) is 0 Å². The van der Waals surface area contributed by atoms with E-state index in [0.717, 1.165) is 59.8 Å². The molecule has 40 heavy (non-hydrogen) atoms. The number of nitrogens with zero attached hydrogens (tertiary/aromatic N) is 9. The molecule has 0 radical (unpaired) electrons. The van der Waals surface area contributed by atoms with Gasteiger partial charge in [0.1, 0.15) is 17.7 Å². The van der Waals surface area contributed by atoms with Gasteiger partial charge in [0.15, 0.2) is 5.82 Å². The Morgan fingerprint density at radius 2 is 1.62 bits per heavy atom. The predicted molar refractivity (Wildman–Crippen MR) is 149 cm³/mol. The molecule has 1 saturated heterocycles. The van der Waals surface area contributed by atoms with Crippen molar-refractivity contribution in [2.45, 2.75) is 32.0 Å². The van der Waals surface area contributed by atoms with Crippen molar-refractivity contribution in [3.63, 3.8) is 0 Å².